The van der Waals surface area contributed by atoms with Crippen molar-refractivity contribution in [2.45, 2.75) is 29.3 Å². The molecule has 0 bridgehead atoms. The van der Waals surface area contributed by atoms with E-state index in [1.165, 1.54) is 14.2 Å². The molecule has 0 spiro atoms. The van der Waals surface area contributed by atoms with Gasteiger partial charge in [0, 0.05) is 29.5 Å². The summed E-state index contributed by atoms with van der Waals surface area (Å²) in [6.07, 6.45) is 0. The van der Waals surface area contributed by atoms with E-state index >= 15 is 0 Å². The Bertz CT molecular complexity index is 484. The SMILES string of the molecule is COP(=O)(OC)[C@@H]1Nc2ccccc2SC1(C)C. The summed E-state index contributed by atoms with van der Waals surface area (Å²) in [5.74, 6) is -0.375. The largest absolute Gasteiger partial charge is 0.370 e. The second-order valence-corrected chi connectivity index (χ2v) is 8.68. The standard InChI is InChI=1S/C12H18NO3PS/c1-12(2)11(17(14,15-3)16-4)13-9-7-5-6-8-10(9)18-12/h5-8,11,13H,1-4H3/t11-/m0/s1. The van der Waals surface area contributed by atoms with Gasteiger partial charge in [0.15, 0.2) is 0 Å². The molecule has 0 saturated carbocycles. The Hall–Kier alpha value is -0.480. The van der Waals surface area contributed by atoms with Gasteiger partial charge in [-0.2, -0.15) is 0 Å². The molecule has 2 rings (SSSR count). The smallest absolute Gasteiger partial charge is 0.353 e. The maximum Gasteiger partial charge on any atom is 0.353 e. The number of para-hydroxylation sites is 1. The van der Waals surface area contributed by atoms with Crippen LogP contribution in [0, 0.1) is 0 Å². The molecule has 1 aromatic carbocycles. The molecule has 100 valence electrons. The molecule has 1 N–H and O–H groups in total. The van der Waals surface area contributed by atoms with Crippen LogP contribution in [0.5, 0.6) is 0 Å². The molecular weight excluding hydrogens is 269 g/mol. The molecule has 18 heavy (non-hydrogen) atoms. The lowest BCUT2D eigenvalue weighted by atomic mass is 10.2. The molecule has 1 heterocycles. The summed E-state index contributed by atoms with van der Waals surface area (Å²) in [6.45, 7) is 4.08. The maximum absolute atomic E-state index is 12.6. The molecule has 1 atom stereocenters. The molecule has 0 amide bonds. The molecule has 0 aromatic heterocycles. The van der Waals surface area contributed by atoms with Crippen molar-refractivity contribution in [2.75, 3.05) is 19.5 Å². The van der Waals surface area contributed by atoms with Crippen LogP contribution in [-0.4, -0.2) is 24.7 Å². The molecule has 6 heteroatoms. The van der Waals surface area contributed by atoms with Crippen molar-refractivity contribution in [1.29, 1.82) is 0 Å². The van der Waals surface area contributed by atoms with Gasteiger partial charge in [-0.15, -0.1) is 11.8 Å². The average molecular weight is 287 g/mol. The van der Waals surface area contributed by atoms with Crippen molar-refractivity contribution in [2.24, 2.45) is 0 Å². The molecule has 0 fully saturated rings. The quantitative estimate of drug-likeness (QED) is 0.857. The van der Waals surface area contributed by atoms with Crippen LogP contribution >= 0.6 is 19.4 Å². The summed E-state index contributed by atoms with van der Waals surface area (Å²) < 4.78 is 22.6. The molecule has 1 aliphatic heterocycles. The molecule has 4 nitrogen and oxygen atoms in total. The zero-order valence-electron chi connectivity index (χ0n) is 11.0. The first-order valence-corrected chi connectivity index (χ1v) is 8.11. The van der Waals surface area contributed by atoms with E-state index in [4.69, 9.17) is 9.05 Å². The summed E-state index contributed by atoms with van der Waals surface area (Å²) in [5, 5.41) is 3.30. The highest BCUT2D eigenvalue weighted by Gasteiger charge is 2.48. The normalized spacial score (nSPS) is 22.1. The Balaban J connectivity index is 2.42. The second-order valence-electron chi connectivity index (χ2n) is 4.65. The summed E-state index contributed by atoms with van der Waals surface area (Å²) in [5.41, 5.74) is 0.973. The lowest BCUT2D eigenvalue weighted by Crippen LogP contribution is -2.42. The highest BCUT2D eigenvalue weighted by atomic mass is 32.2. The first-order chi connectivity index (χ1) is 8.43. The van der Waals surface area contributed by atoms with Crippen molar-refractivity contribution < 1.29 is 13.6 Å². The van der Waals surface area contributed by atoms with Crippen LogP contribution in [0.4, 0.5) is 5.69 Å². The number of nitrogens with one attached hydrogen (secondary N) is 1. The van der Waals surface area contributed by atoms with Gasteiger partial charge in [0.1, 0.15) is 5.78 Å². The molecule has 1 aromatic rings. The van der Waals surface area contributed by atoms with Gasteiger partial charge in [-0.1, -0.05) is 12.1 Å². The molecular formula is C12H18NO3PS. The van der Waals surface area contributed by atoms with Crippen LogP contribution in [0.15, 0.2) is 29.2 Å². The second kappa shape index (κ2) is 4.89. The molecule has 0 unspecified atom stereocenters. The van der Waals surface area contributed by atoms with Gasteiger partial charge >= 0.3 is 7.60 Å². The molecule has 1 aliphatic rings. The summed E-state index contributed by atoms with van der Waals surface area (Å²) in [4.78, 5) is 1.15. The summed E-state index contributed by atoms with van der Waals surface area (Å²) >= 11 is 1.69. The highest BCUT2D eigenvalue weighted by Crippen LogP contribution is 2.61. The van der Waals surface area contributed by atoms with Gasteiger partial charge in [-0.3, -0.25) is 4.57 Å². The van der Waals surface area contributed by atoms with Crippen LogP contribution < -0.4 is 5.32 Å². The van der Waals surface area contributed by atoms with Crippen LogP contribution in [0.1, 0.15) is 13.8 Å². The van der Waals surface area contributed by atoms with Gasteiger partial charge < -0.3 is 14.4 Å². The zero-order valence-corrected chi connectivity index (χ0v) is 12.7. The fourth-order valence-corrected chi connectivity index (χ4v) is 5.38. The first kappa shape index (κ1) is 13.9. The minimum absolute atomic E-state index is 0.282. The van der Waals surface area contributed by atoms with Gasteiger partial charge in [0.05, 0.1) is 0 Å². The van der Waals surface area contributed by atoms with Crippen LogP contribution in [-0.2, 0) is 13.6 Å². The predicted octanol–water partition coefficient (Wildman–Crippen LogP) is 3.79. The van der Waals surface area contributed by atoms with Gasteiger partial charge in [0.2, 0.25) is 0 Å². The zero-order chi connectivity index (χ0) is 13.4. The van der Waals surface area contributed by atoms with E-state index in [-0.39, 0.29) is 10.5 Å². The fraction of sp³-hybridized carbons (Fsp3) is 0.500. The van der Waals surface area contributed by atoms with Gasteiger partial charge in [-0.05, 0) is 26.0 Å². The average Bonchev–Trinajstić information content (AvgIpc) is 2.36. The Labute approximate surface area is 112 Å². The topological polar surface area (TPSA) is 47.6 Å². The van der Waals surface area contributed by atoms with E-state index in [9.17, 15) is 4.57 Å². The van der Waals surface area contributed by atoms with Crippen molar-refractivity contribution >= 4 is 25.0 Å². The Morgan fingerprint density at radius 3 is 2.50 bits per heavy atom. The Morgan fingerprint density at radius 1 is 1.28 bits per heavy atom. The van der Waals surface area contributed by atoms with E-state index in [1.807, 2.05) is 32.0 Å². The number of thioether (sulfide) groups is 1. The maximum atomic E-state index is 12.6. The van der Waals surface area contributed by atoms with Crippen molar-refractivity contribution in [3.8, 4) is 0 Å². The van der Waals surface area contributed by atoms with E-state index in [0.29, 0.717) is 0 Å². The van der Waals surface area contributed by atoms with E-state index in [1.54, 1.807) is 11.8 Å². The number of rotatable bonds is 3. The van der Waals surface area contributed by atoms with Crippen molar-refractivity contribution in [3.05, 3.63) is 24.3 Å². The minimum atomic E-state index is -3.17. The van der Waals surface area contributed by atoms with Gasteiger partial charge in [0.25, 0.3) is 0 Å². The van der Waals surface area contributed by atoms with E-state index in [2.05, 4.69) is 11.4 Å². The van der Waals surface area contributed by atoms with E-state index in [0.717, 1.165) is 10.6 Å². The van der Waals surface area contributed by atoms with Crippen molar-refractivity contribution in [1.82, 2.24) is 0 Å². The monoisotopic (exact) mass is 287 g/mol. The Kier molecular flexibility index (Phi) is 3.79. The molecule has 0 radical (unpaired) electrons. The van der Waals surface area contributed by atoms with Crippen LogP contribution in [0.25, 0.3) is 0 Å². The number of anilines is 1. The third kappa shape index (κ3) is 2.32. The van der Waals surface area contributed by atoms with Crippen molar-refractivity contribution in [3.63, 3.8) is 0 Å². The number of fused-ring (bicyclic) bond motifs is 1. The first-order valence-electron chi connectivity index (χ1n) is 5.69. The predicted molar refractivity (Wildman–Crippen MR) is 75.4 cm³/mol. The third-order valence-electron chi connectivity index (χ3n) is 3.04. The van der Waals surface area contributed by atoms with Gasteiger partial charge in [-0.25, -0.2) is 0 Å². The Morgan fingerprint density at radius 2 is 1.89 bits per heavy atom. The lowest BCUT2D eigenvalue weighted by Gasteiger charge is -2.41. The molecule has 0 saturated heterocycles. The number of hydrogen-bond acceptors (Lipinski definition) is 5. The number of benzene rings is 1. The fourth-order valence-electron chi connectivity index (χ4n) is 2.08. The third-order valence-corrected chi connectivity index (χ3v) is 6.97. The number of hydrogen-bond donors (Lipinski definition) is 1. The highest BCUT2D eigenvalue weighted by molar-refractivity contribution is 8.01. The summed E-state index contributed by atoms with van der Waals surface area (Å²) in [7, 11) is -0.318. The lowest BCUT2D eigenvalue weighted by molar-refractivity contribution is 0.263. The molecule has 0 aliphatic carbocycles. The van der Waals surface area contributed by atoms with Crippen LogP contribution in [0.3, 0.4) is 0 Å². The summed E-state index contributed by atoms with van der Waals surface area (Å²) in [6, 6.07) is 7.97. The van der Waals surface area contributed by atoms with Crippen LogP contribution in [0.2, 0.25) is 0 Å². The minimum Gasteiger partial charge on any atom is -0.370 e. The van der Waals surface area contributed by atoms with E-state index < -0.39 is 7.60 Å².